The second kappa shape index (κ2) is 9.90. The normalized spacial score (nSPS) is 14.6. The monoisotopic (exact) mass is 434 g/mol. The summed E-state index contributed by atoms with van der Waals surface area (Å²) in [4.78, 5) is 27.7. The molecule has 0 radical (unpaired) electrons. The van der Waals surface area contributed by atoms with Gasteiger partial charge in [0.15, 0.2) is 5.69 Å². The third-order valence-corrected chi connectivity index (χ3v) is 5.73. The Morgan fingerprint density at radius 1 is 1.37 bits per heavy atom. The average molecular weight is 435 g/mol. The molecule has 7 nitrogen and oxygen atoms in total. The van der Waals surface area contributed by atoms with E-state index < -0.39 is 5.82 Å². The Kier molecular flexibility index (Phi) is 7.28. The number of rotatable bonds is 6. The lowest BCUT2D eigenvalue weighted by Gasteiger charge is -2.39. The van der Waals surface area contributed by atoms with Gasteiger partial charge in [0.1, 0.15) is 5.82 Å². The fraction of sp³-hybridized carbons (Fsp3) is 0.429. The summed E-state index contributed by atoms with van der Waals surface area (Å²) in [5.41, 5.74) is 1.82. The van der Waals surface area contributed by atoms with Crippen molar-refractivity contribution >= 4 is 33.4 Å². The quantitative estimate of drug-likeness (QED) is 0.605. The number of nitrogens with zero attached hydrogens (tertiary/aromatic N) is 4. The summed E-state index contributed by atoms with van der Waals surface area (Å²) in [5.74, 6) is 0.349. The molecule has 1 fully saturated rings. The van der Waals surface area contributed by atoms with Crippen molar-refractivity contribution in [2.24, 2.45) is 5.92 Å². The molecular formula is C21H31FN6OS. The highest BCUT2D eigenvalue weighted by atomic mass is 32.1. The summed E-state index contributed by atoms with van der Waals surface area (Å²) in [7, 11) is 1.91. The predicted molar refractivity (Wildman–Crippen MR) is 123 cm³/mol. The molecule has 1 atom stereocenters. The summed E-state index contributed by atoms with van der Waals surface area (Å²) in [6, 6.07) is 3.03. The number of aromatic nitrogens is 3. The van der Waals surface area contributed by atoms with Gasteiger partial charge in [0.25, 0.3) is 5.91 Å². The van der Waals surface area contributed by atoms with Gasteiger partial charge >= 0.3 is 0 Å². The van der Waals surface area contributed by atoms with Gasteiger partial charge in [-0.15, -0.1) is 11.3 Å². The number of anilines is 1. The second-order valence-electron chi connectivity index (χ2n) is 6.97. The molecule has 1 aliphatic rings. The lowest BCUT2D eigenvalue weighted by Crippen LogP contribution is -2.53. The number of fused-ring (bicyclic) bond motifs is 1. The standard InChI is InChI=1S/C19H21FN6OS.C2H6.2H2/c1-11(13-5-14(20)8-22-7-13)23-19-24-15-3-4-28-17(15)16(25-19)18(27)26-9-12(10-26)6-21-2;1-2;;/h3-5,7-8,11-12,21H,6,9-10H2,1-2H3,(H,23,24,25);1-2H3;2*1H. The lowest BCUT2D eigenvalue weighted by atomic mass is 10.00. The molecular weight excluding hydrogens is 403 g/mol. The molecule has 164 valence electrons. The molecule has 3 aromatic rings. The van der Waals surface area contributed by atoms with E-state index in [1.807, 2.05) is 44.2 Å². The number of hydrogen-bond acceptors (Lipinski definition) is 7. The molecule has 3 aromatic heterocycles. The van der Waals surface area contributed by atoms with Gasteiger partial charge in [0.2, 0.25) is 5.95 Å². The molecule has 0 aliphatic carbocycles. The third-order valence-electron chi connectivity index (χ3n) is 4.81. The molecule has 4 rings (SSSR count). The minimum atomic E-state index is -0.398. The number of thiophene rings is 1. The number of likely N-dealkylation sites (tertiary alicyclic amines) is 1. The highest BCUT2D eigenvalue weighted by Crippen LogP contribution is 2.28. The van der Waals surface area contributed by atoms with E-state index in [2.05, 4.69) is 25.6 Å². The Labute approximate surface area is 182 Å². The van der Waals surface area contributed by atoms with Crippen LogP contribution in [0, 0.1) is 11.7 Å². The molecule has 30 heavy (non-hydrogen) atoms. The van der Waals surface area contributed by atoms with Crippen molar-refractivity contribution in [3.63, 3.8) is 0 Å². The second-order valence-corrected chi connectivity index (χ2v) is 7.88. The maximum Gasteiger partial charge on any atom is 0.274 e. The van der Waals surface area contributed by atoms with E-state index in [1.54, 1.807) is 6.20 Å². The zero-order valence-electron chi connectivity index (χ0n) is 17.6. The van der Waals surface area contributed by atoms with Gasteiger partial charge in [-0.2, -0.15) is 0 Å². The van der Waals surface area contributed by atoms with Crippen molar-refractivity contribution in [1.82, 2.24) is 25.2 Å². The largest absolute Gasteiger partial charge is 0.348 e. The maximum atomic E-state index is 13.4. The van der Waals surface area contributed by atoms with Crippen LogP contribution >= 0.6 is 11.3 Å². The molecule has 4 heterocycles. The van der Waals surface area contributed by atoms with Crippen LogP contribution in [0.4, 0.5) is 10.3 Å². The molecule has 1 amide bonds. The minimum Gasteiger partial charge on any atom is -0.348 e. The first-order chi connectivity index (χ1) is 14.5. The van der Waals surface area contributed by atoms with Gasteiger partial charge in [-0.1, -0.05) is 13.8 Å². The van der Waals surface area contributed by atoms with E-state index in [-0.39, 0.29) is 14.8 Å². The Balaban J connectivity index is 0.00000125. The van der Waals surface area contributed by atoms with E-state index in [0.717, 1.165) is 36.0 Å². The average Bonchev–Trinajstić information content (AvgIpc) is 3.19. The molecule has 0 bridgehead atoms. The highest BCUT2D eigenvalue weighted by molar-refractivity contribution is 7.17. The van der Waals surface area contributed by atoms with Crippen LogP contribution in [0.3, 0.4) is 0 Å². The van der Waals surface area contributed by atoms with Crippen LogP contribution < -0.4 is 10.6 Å². The molecule has 0 spiro atoms. The van der Waals surface area contributed by atoms with E-state index in [4.69, 9.17) is 0 Å². The van der Waals surface area contributed by atoms with Crippen molar-refractivity contribution < 1.29 is 12.0 Å². The fourth-order valence-corrected chi connectivity index (χ4v) is 4.13. The molecule has 2 N–H and O–H groups in total. The molecule has 1 unspecified atom stereocenters. The van der Waals surface area contributed by atoms with Crippen LogP contribution in [0.25, 0.3) is 10.2 Å². The predicted octanol–water partition coefficient (Wildman–Crippen LogP) is 4.21. The maximum absolute atomic E-state index is 13.4. The van der Waals surface area contributed by atoms with Crippen molar-refractivity contribution in [3.05, 3.63) is 47.0 Å². The fourth-order valence-electron chi connectivity index (χ4n) is 3.32. The van der Waals surface area contributed by atoms with E-state index in [9.17, 15) is 9.18 Å². The zero-order valence-corrected chi connectivity index (χ0v) is 18.5. The third kappa shape index (κ3) is 4.73. The van der Waals surface area contributed by atoms with E-state index in [1.165, 1.54) is 17.4 Å². The zero-order chi connectivity index (χ0) is 21.7. The molecule has 0 aromatic carbocycles. The van der Waals surface area contributed by atoms with Crippen LogP contribution in [0.2, 0.25) is 0 Å². The first-order valence-electron chi connectivity index (χ1n) is 10.1. The first-order valence-corrected chi connectivity index (χ1v) is 11.0. The molecule has 1 saturated heterocycles. The Morgan fingerprint density at radius 3 is 2.83 bits per heavy atom. The van der Waals surface area contributed by atoms with Gasteiger partial charge in [-0.05, 0) is 37.0 Å². The number of hydrogen-bond donors (Lipinski definition) is 2. The van der Waals surface area contributed by atoms with Crippen molar-refractivity contribution in [2.45, 2.75) is 26.8 Å². The Hall–Kier alpha value is -2.65. The Bertz CT molecular complexity index is 1010. The number of carbonyl (C=O) groups is 1. The Morgan fingerprint density at radius 2 is 2.13 bits per heavy atom. The molecule has 9 heteroatoms. The topological polar surface area (TPSA) is 83.0 Å². The SMILES string of the molecule is CC.CNCC1CN(C(=O)c2nc(NC(C)c3cncc(F)c3)nc3ccsc23)C1.[HH].[HH]. The summed E-state index contributed by atoms with van der Waals surface area (Å²) >= 11 is 1.46. The summed E-state index contributed by atoms with van der Waals surface area (Å²) in [6.07, 6.45) is 2.76. The smallest absolute Gasteiger partial charge is 0.274 e. The number of amides is 1. The number of nitrogens with one attached hydrogen (secondary N) is 2. The van der Waals surface area contributed by atoms with Gasteiger partial charge in [-0.25, -0.2) is 14.4 Å². The van der Waals surface area contributed by atoms with Gasteiger partial charge in [0, 0.05) is 34.6 Å². The summed E-state index contributed by atoms with van der Waals surface area (Å²) in [5, 5.41) is 8.21. The summed E-state index contributed by atoms with van der Waals surface area (Å²) < 4.78 is 14.2. The van der Waals surface area contributed by atoms with Crippen LogP contribution in [0.1, 0.15) is 45.7 Å². The highest BCUT2D eigenvalue weighted by Gasteiger charge is 2.32. The van der Waals surface area contributed by atoms with Crippen LogP contribution in [0.5, 0.6) is 0 Å². The van der Waals surface area contributed by atoms with Gasteiger partial charge in [-0.3, -0.25) is 9.78 Å². The molecule has 1 aliphatic heterocycles. The van der Waals surface area contributed by atoms with E-state index in [0.29, 0.717) is 23.1 Å². The summed E-state index contributed by atoms with van der Waals surface area (Å²) in [6.45, 7) is 8.22. The minimum absolute atomic E-state index is 0. The van der Waals surface area contributed by atoms with Crippen molar-refractivity contribution in [1.29, 1.82) is 0 Å². The van der Waals surface area contributed by atoms with Crippen LogP contribution in [-0.2, 0) is 0 Å². The van der Waals surface area contributed by atoms with Crippen molar-refractivity contribution in [2.75, 3.05) is 32.0 Å². The van der Waals surface area contributed by atoms with Crippen LogP contribution in [0.15, 0.2) is 29.9 Å². The number of carbonyl (C=O) groups excluding carboxylic acids is 1. The van der Waals surface area contributed by atoms with Gasteiger partial charge < -0.3 is 15.5 Å². The number of pyridine rings is 1. The first kappa shape index (κ1) is 22.0. The van der Waals surface area contributed by atoms with Crippen LogP contribution in [-0.4, -0.2) is 52.4 Å². The lowest BCUT2D eigenvalue weighted by molar-refractivity contribution is 0.0500. The van der Waals surface area contributed by atoms with E-state index >= 15 is 0 Å². The molecule has 0 saturated carbocycles. The number of halogens is 1. The van der Waals surface area contributed by atoms with Gasteiger partial charge in [0.05, 0.1) is 22.5 Å². The van der Waals surface area contributed by atoms with Crippen molar-refractivity contribution in [3.8, 4) is 0 Å².